The van der Waals surface area contributed by atoms with E-state index >= 15 is 0 Å². The van der Waals surface area contributed by atoms with Crippen molar-refractivity contribution in [3.8, 4) is 0 Å². The molecular formula is C24H40N6O. The van der Waals surface area contributed by atoms with Crippen LogP contribution in [0.4, 0.5) is 0 Å². The molecule has 0 aromatic carbocycles. The zero-order chi connectivity index (χ0) is 21.7. The van der Waals surface area contributed by atoms with Crippen LogP contribution in [-0.4, -0.2) is 57.4 Å². The maximum absolute atomic E-state index is 5.24. The van der Waals surface area contributed by atoms with Crippen LogP contribution in [0.5, 0.6) is 0 Å². The fourth-order valence-electron chi connectivity index (χ4n) is 4.56. The van der Waals surface area contributed by atoms with E-state index in [1.807, 2.05) is 0 Å². The summed E-state index contributed by atoms with van der Waals surface area (Å²) < 4.78 is 5.24. The summed E-state index contributed by atoms with van der Waals surface area (Å²) in [6.45, 7) is 7.84. The zero-order valence-electron chi connectivity index (χ0n) is 19.4. The number of dihydropyridines is 1. The van der Waals surface area contributed by atoms with Crippen LogP contribution in [0.1, 0.15) is 52.4 Å². The molecule has 4 aliphatic rings. The number of rotatable bonds is 9. The molecule has 0 saturated heterocycles. The summed E-state index contributed by atoms with van der Waals surface area (Å²) in [4.78, 5) is 4.66. The lowest BCUT2D eigenvalue weighted by molar-refractivity contribution is 0.160. The van der Waals surface area contributed by atoms with Crippen molar-refractivity contribution >= 4 is 5.84 Å². The third-order valence-corrected chi connectivity index (χ3v) is 6.84. The lowest BCUT2D eigenvalue weighted by Crippen LogP contribution is -2.46. The Morgan fingerprint density at radius 3 is 2.61 bits per heavy atom. The van der Waals surface area contributed by atoms with Crippen LogP contribution in [-0.2, 0) is 4.74 Å². The van der Waals surface area contributed by atoms with Gasteiger partial charge in [0.1, 0.15) is 12.5 Å². The second kappa shape index (κ2) is 10.1. The topological polar surface area (TPSA) is 81.7 Å². The standard InChI is InChI=1S/C24H40N6O/c1-17(14-31-3)29-18-4-6-19(7-5-18)30-23-13-22(27-16-28-23)21-12-20(8-11-25-21)26-15-24(2)9-10-24/h8,12-13,17-19,25-27,29H,4-7,9-11,14-16H2,1-3H3,(H,28,30)/t17-,18?,19?/m1/s1. The van der Waals surface area contributed by atoms with Gasteiger partial charge in [-0.2, -0.15) is 0 Å². The van der Waals surface area contributed by atoms with Crippen LogP contribution < -0.4 is 26.6 Å². The van der Waals surface area contributed by atoms with Gasteiger partial charge < -0.3 is 31.3 Å². The van der Waals surface area contributed by atoms with E-state index in [2.05, 4.69) is 63.7 Å². The number of nitrogens with one attached hydrogen (secondary N) is 5. The molecule has 7 nitrogen and oxygen atoms in total. The first kappa shape index (κ1) is 22.2. The highest BCUT2D eigenvalue weighted by molar-refractivity contribution is 5.95. The minimum Gasteiger partial charge on any atom is -0.385 e. The van der Waals surface area contributed by atoms with E-state index in [1.54, 1.807) is 7.11 Å². The number of hydrogen-bond donors (Lipinski definition) is 5. The van der Waals surface area contributed by atoms with Crippen LogP contribution in [0.3, 0.4) is 0 Å². The molecule has 172 valence electrons. The van der Waals surface area contributed by atoms with Crippen LogP contribution in [0.2, 0.25) is 0 Å². The minimum atomic E-state index is 0.413. The molecule has 4 rings (SSSR count). The fraction of sp³-hybridized carbons (Fsp3) is 0.708. The minimum absolute atomic E-state index is 0.413. The molecule has 2 aliphatic carbocycles. The molecule has 31 heavy (non-hydrogen) atoms. The number of nitrogens with zero attached hydrogens (tertiary/aromatic N) is 1. The Morgan fingerprint density at radius 2 is 1.87 bits per heavy atom. The molecule has 5 N–H and O–H groups in total. The summed E-state index contributed by atoms with van der Waals surface area (Å²) in [6.07, 6.45) is 14.0. The van der Waals surface area contributed by atoms with Crippen molar-refractivity contribution in [2.45, 2.75) is 70.5 Å². The van der Waals surface area contributed by atoms with Crippen molar-refractivity contribution in [2.24, 2.45) is 10.4 Å². The van der Waals surface area contributed by atoms with Gasteiger partial charge in [-0.15, -0.1) is 0 Å². The Balaban J connectivity index is 1.27. The highest BCUT2D eigenvalue weighted by Crippen LogP contribution is 2.44. The van der Waals surface area contributed by atoms with Crippen molar-refractivity contribution in [1.82, 2.24) is 26.6 Å². The Morgan fingerprint density at radius 1 is 1.13 bits per heavy atom. The number of allylic oxidation sites excluding steroid dienone is 1. The van der Waals surface area contributed by atoms with Gasteiger partial charge in [0.15, 0.2) is 0 Å². The first-order valence-electron chi connectivity index (χ1n) is 11.9. The molecule has 2 heterocycles. The van der Waals surface area contributed by atoms with Gasteiger partial charge in [0.25, 0.3) is 0 Å². The van der Waals surface area contributed by atoms with Gasteiger partial charge in [0.05, 0.1) is 18.0 Å². The second-order valence-electron chi connectivity index (χ2n) is 9.91. The van der Waals surface area contributed by atoms with Crippen molar-refractivity contribution < 1.29 is 4.74 Å². The average Bonchev–Trinajstić information content (AvgIpc) is 3.52. The van der Waals surface area contributed by atoms with E-state index in [-0.39, 0.29) is 0 Å². The van der Waals surface area contributed by atoms with Gasteiger partial charge in [0.2, 0.25) is 0 Å². The molecule has 2 saturated carbocycles. The number of aliphatic imine (C=N–C) groups is 1. The van der Waals surface area contributed by atoms with Gasteiger partial charge >= 0.3 is 0 Å². The molecule has 7 heteroatoms. The van der Waals surface area contributed by atoms with E-state index in [1.165, 1.54) is 44.2 Å². The summed E-state index contributed by atoms with van der Waals surface area (Å²) >= 11 is 0. The Kier molecular flexibility index (Phi) is 7.23. The monoisotopic (exact) mass is 428 g/mol. The molecule has 0 aromatic heterocycles. The third-order valence-electron chi connectivity index (χ3n) is 6.84. The molecule has 0 aromatic rings. The average molecular weight is 429 g/mol. The molecule has 0 amide bonds. The Hall–Kier alpha value is -1.99. The maximum atomic E-state index is 5.24. The predicted molar refractivity (Wildman–Crippen MR) is 127 cm³/mol. The smallest absolute Gasteiger partial charge is 0.125 e. The van der Waals surface area contributed by atoms with Crippen molar-refractivity contribution in [3.63, 3.8) is 0 Å². The predicted octanol–water partition coefficient (Wildman–Crippen LogP) is 2.12. The Bertz CT molecular complexity index is 743. The van der Waals surface area contributed by atoms with Crippen molar-refractivity contribution in [1.29, 1.82) is 0 Å². The van der Waals surface area contributed by atoms with E-state index in [0.29, 0.717) is 30.2 Å². The lowest BCUT2D eigenvalue weighted by atomic mass is 9.90. The normalized spacial score (nSPS) is 28.1. The van der Waals surface area contributed by atoms with Gasteiger partial charge in [-0.05, 0) is 63.0 Å². The van der Waals surface area contributed by atoms with E-state index < -0.39 is 0 Å². The zero-order valence-corrected chi connectivity index (χ0v) is 19.4. The van der Waals surface area contributed by atoms with Gasteiger partial charge in [-0.3, -0.25) is 0 Å². The van der Waals surface area contributed by atoms with E-state index in [0.717, 1.165) is 36.9 Å². The number of methoxy groups -OCH3 is 1. The number of ether oxygens (including phenoxy) is 1. The SMILES string of the molecule is COC[C@@H](C)NC1CCC(NC2=NCNC(C3=CC(NCC4(C)CC4)=CCN3)=C2)CC1. The van der Waals surface area contributed by atoms with E-state index in [4.69, 9.17) is 4.74 Å². The van der Waals surface area contributed by atoms with Crippen molar-refractivity contribution in [3.05, 3.63) is 35.3 Å². The summed E-state index contributed by atoms with van der Waals surface area (Å²) in [6, 6.07) is 1.50. The molecule has 0 unspecified atom stereocenters. The quantitative estimate of drug-likeness (QED) is 0.387. The number of hydrogen-bond acceptors (Lipinski definition) is 7. The highest BCUT2D eigenvalue weighted by Gasteiger charge is 2.36. The van der Waals surface area contributed by atoms with Crippen LogP contribution >= 0.6 is 0 Å². The molecule has 0 bridgehead atoms. The van der Waals surface area contributed by atoms with Crippen LogP contribution in [0.25, 0.3) is 0 Å². The lowest BCUT2D eigenvalue weighted by Gasteiger charge is -2.32. The first-order chi connectivity index (χ1) is 15.0. The summed E-state index contributed by atoms with van der Waals surface area (Å²) in [5.41, 5.74) is 3.98. The second-order valence-corrected chi connectivity index (χ2v) is 9.91. The largest absolute Gasteiger partial charge is 0.385 e. The number of amidine groups is 1. The highest BCUT2D eigenvalue weighted by atomic mass is 16.5. The molecule has 0 spiro atoms. The molecule has 0 radical (unpaired) electrons. The third kappa shape index (κ3) is 6.50. The Labute approximate surface area is 187 Å². The summed E-state index contributed by atoms with van der Waals surface area (Å²) in [7, 11) is 1.77. The summed E-state index contributed by atoms with van der Waals surface area (Å²) in [5, 5.41) is 17.9. The van der Waals surface area contributed by atoms with Gasteiger partial charge in [-0.25, -0.2) is 4.99 Å². The molecular weight excluding hydrogens is 388 g/mol. The summed E-state index contributed by atoms with van der Waals surface area (Å²) in [5.74, 6) is 0.996. The maximum Gasteiger partial charge on any atom is 0.125 e. The molecule has 1 atom stereocenters. The van der Waals surface area contributed by atoms with Crippen molar-refractivity contribution in [2.75, 3.05) is 33.5 Å². The van der Waals surface area contributed by atoms with Gasteiger partial charge in [0, 0.05) is 50.1 Å². The molecule has 2 aliphatic heterocycles. The molecule has 2 fully saturated rings. The first-order valence-corrected chi connectivity index (χ1v) is 11.9. The van der Waals surface area contributed by atoms with E-state index in [9.17, 15) is 0 Å². The van der Waals surface area contributed by atoms with Gasteiger partial charge in [-0.1, -0.05) is 6.92 Å². The fourth-order valence-corrected chi connectivity index (χ4v) is 4.56. The van der Waals surface area contributed by atoms with Crippen LogP contribution in [0, 0.1) is 5.41 Å². The van der Waals surface area contributed by atoms with Crippen LogP contribution in [0.15, 0.2) is 40.3 Å².